The first-order valence-electron chi connectivity index (χ1n) is 3.65. The van der Waals surface area contributed by atoms with Crippen LogP contribution in [0.25, 0.3) is 0 Å². The zero-order valence-corrected chi connectivity index (χ0v) is 7.66. The number of hydrogen-bond acceptors (Lipinski definition) is 4. The highest BCUT2D eigenvalue weighted by Crippen LogP contribution is 2.29. The lowest BCUT2D eigenvalue weighted by Crippen LogP contribution is -2.37. The molecular weight excluding hydrogens is 207 g/mol. The van der Waals surface area contributed by atoms with E-state index < -0.39 is 11.6 Å². The molecule has 0 aromatic carbocycles. The van der Waals surface area contributed by atoms with Gasteiger partial charge in [-0.2, -0.15) is 13.2 Å². The summed E-state index contributed by atoms with van der Waals surface area (Å²) in [5, 5.41) is 19.6. The molecule has 0 saturated carbocycles. The van der Waals surface area contributed by atoms with E-state index in [2.05, 4.69) is 5.32 Å². The van der Waals surface area contributed by atoms with Crippen molar-refractivity contribution >= 4 is 11.8 Å². The minimum atomic E-state index is -4.21. The fourth-order valence-corrected chi connectivity index (χ4v) is 1.07. The zero-order chi connectivity index (χ0) is 10.3. The van der Waals surface area contributed by atoms with Crippen molar-refractivity contribution in [2.24, 2.45) is 0 Å². The second-order valence-corrected chi connectivity index (χ2v) is 3.47. The standard InChI is InChI=1S/C6H12F3NO2S/c7-6(8,9)13-2-1-10-5(3-11)4-12/h5,10-12H,1-4H2. The lowest BCUT2D eigenvalue weighted by atomic mass is 10.3. The fourth-order valence-electron chi connectivity index (χ4n) is 0.617. The number of nitrogens with one attached hydrogen (secondary N) is 1. The highest BCUT2D eigenvalue weighted by molar-refractivity contribution is 8.00. The molecule has 0 aliphatic carbocycles. The van der Waals surface area contributed by atoms with Crippen molar-refractivity contribution in [1.29, 1.82) is 0 Å². The zero-order valence-electron chi connectivity index (χ0n) is 6.84. The molecule has 0 unspecified atom stereocenters. The molecular formula is C6H12F3NO2S. The van der Waals surface area contributed by atoms with Crippen LogP contribution in [0.15, 0.2) is 0 Å². The molecule has 0 aromatic heterocycles. The maximum Gasteiger partial charge on any atom is 0.441 e. The van der Waals surface area contributed by atoms with Crippen molar-refractivity contribution in [2.75, 3.05) is 25.5 Å². The van der Waals surface area contributed by atoms with Gasteiger partial charge in [-0.05, 0) is 11.8 Å². The number of thioether (sulfide) groups is 1. The molecule has 7 heteroatoms. The Kier molecular flexibility index (Phi) is 6.48. The van der Waals surface area contributed by atoms with Crippen LogP contribution in [0, 0.1) is 0 Å². The quantitative estimate of drug-likeness (QED) is 0.558. The number of aliphatic hydroxyl groups excluding tert-OH is 2. The van der Waals surface area contributed by atoms with Gasteiger partial charge in [0.1, 0.15) is 0 Å². The van der Waals surface area contributed by atoms with Crippen molar-refractivity contribution in [2.45, 2.75) is 11.6 Å². The van der Waals surface area contributed by atoms with Crippen LogP contribution in [0.1, 0.15) is 0 Å². The Morgan fingerprint density at radius 2 is 1.77 bits per heavy atom. The molecule has 0 aliphatic heterocycles. The molecule has 0 fully saturated rings. The molecule has 0 amide bonds. The molecule has 0 saturated heterocycles. The number of hydrogen-bond donors (Lipinski definition) is 3. The lowest BCUT2D eigenvalue weighted by molar-refractivity contribution is -0.0327. The van der Waals surface area contributed by atoms with Crippen LogP contribution in [0.3, 0.4) is 0 Å². The van der Waals surface area contributed by atoms with Gasteiger partial charge in [0.15, 0.2) is 0 Å². The predicted molar refractivity (Wildman–Crippen MR) is 44.5 cm³/mol. The van der Waals surface area contributed by atoms with Gasteiger partial charge in [-0.25, -0.2) is 0 Å². The second-order valence-electron chi connectivity index (χ2n) is 2.31. The van der Waals surface area contributed by atoms with Crippen molar-refractivity contribution in [3.63, 3.8) is 0 Å². The van der Waals surface area contributed by atoms with E-state index >= 15 is 0 Å². The Labute approximate surface area is 78.3 Å². The lowest BCUT2D eigenvalue weighted by Gasteiger charge is -2.13. The van der Waals surface area contributed by atoms with Crippen LogP contribution in [-0.4, -0.2) is 47.3 Å². The normalized spacial score (nSPS) is 12.5. The summed E-state index contributed by atoms with van der Waals surface area (Å²) in [4.78, 5) is 0. The van der Waals surface area contributed by atoms with Gasteiger partial charge in [-0.3, -0.25) is 0 Å². The average Bonchev–Trinajstić information content (AvgIpc) is 2.03. The molecule has 13 heavy (non-hydrogen) atoms. The van der Waals surface area contributed by atoms with E-state index in [1.807, 2.05) is 0 Å². The minimum Gasteiger partial charge on any atom is -0.395 e. The Morgan fingerprint density at radius 1 is 1.23 bits per heavy atom. The average molecular weight is 219 g/mol. The predicted octanol–water partition coefficient (Wildman–Crippen LogP) is 0.182. The monoisotopic (exact) mass is 219 g/mol. The highest BCUT2D eigenvalue weighted by atomic mass is 32.2. The third kappa shape index (κ3) is 8.35. The van der Waals surface area contributed by atoms with Crippen LogP contribution in [0.4, 0.5) is 13.2 Å². The summed E-state index contributed by atoms with van der Waals surface area (Å²) in [6.45, 7) is -0.462. The fraction of sp³-hybridized carbons (Fsp3) is 1.00. The van der Waals surface area contributed by atoms with E-state index in [4.69, 9.17) is 10.2 Å². The summed E-state index contributed by atoms with van der Waals surface area (Å²) in [5.41, 5.74) is -4.21. The van der Waals surface area contributed by atoms with Crippen LogP contribution >= 0.6 is 11.8 Å². The smallest absolute Gasteiger partial charge is 0.395 e. The Morgan fingerprint density at radius 3 is 2.15 bits per heavy atom. The van der Waals surface area contributed by atoms with Gasteiger partial charge in [0.2, 0.25) is 0 Å². The molecule has 0 aromatic rings. The molecule has 0 atom stereocenters. The molecule has 0 bridgehead atoms. The van der Waals surface area contributed by atoms with Crippen molar-refractivity contribution in [3.05, 3.63) is 0 Å². The molecule has 0 radical (unpaired) electrons. The van der Waals surface area contributed by atoms with Crippen LogP contribution in [0.5, 0.6) is 0 Å². The highest BCUT2D eigenvalue weighted by Gasteiger charge is 2.27. The van der Waals surface area contributed by atoms with Gasteiger partial charge in [-0.1, -0.05) is 0 Å². The molecule has 0 rings (SSSR count). The van der Waals surface area contributed by atoms with E-state index in [0.717, 1.165) is 0 Å². The van der Waals surface area contributed by atoms with Gasteiger partial charge in [-0.15, -0.1) is 0 Å². The SMILES string of the molecule is OCC(CO)NCCSC(F)(F)F. The topological polar surface area (TPSA) is 52.5 Å². The van der Waals surface area contributed by atoms with Gasteiger partial charge >= 0.3 is 5.51 Å². The molecule has 0 heterocycles. The first kappa shape index (κ1) is 13.0. The molecule has 3 N–H and O–H groups in total. The third-order valence-electron chi connectivity index (χ3n) is 1.24. The van der Waals surface area contributed by atoms with Gasteiger partial charge in [0, 0.05) is 12.3 Å². The molecule has 80 valence electrons. The van der Waals surface area contributed by atoms with Crippen molar-refractivity contribution < 1.29 is 23.4 Å². The van der Waals surface area contributed by atoms with E-state index in [1.54, 1.807) is 0 Å². The third-order valence-corrected chi connectivity index (χ3v) is 1.98. The van der Waals surface area contributed by atoms with Crippen LogP contribution < -0.4 is 5.32 Å². The van der Waals surface area contributed by atoms with E-state index in [-0.39, 0.29) is 37.3 Å². The number of aliphatic hydroxyl groups is 2. The van der Waals surface area contributed by atoms with E-state index in [1.165, 1.54) is 0 Å². The van der Waals surface area contributed by atoms with Crippen LogP contribution in [-0.2, 0) is 0 Å². The summed E-state index contributed by atoms with van der Waals surface area (Å²) >= 11 is -0.129. The molecule has 0 spiro atoms. The minimum absolute atomic E-state index is 0.107. The summed E-state index contributed by atoms with van der Waals surface area (Å²) in [6.07, 6.45) is 0. The second kappa shape index (κ2) is 6.47. The Bertz CT molecular complexity index is 130. The van der Waals surface area contributed by atoms with Crippen LogP contribution in [0.2, 0.25) is 0 Å². The first-order chi connectivity index (χ1) is 5.99. The van der Waals surface area contributed by atoms with E-state index in [9.17, 15) is 13.2 Å². The van der Waals surface area contributed by atoms with Crippen molar-refractivity contribution in [1.82, 2.24) is 5.32 Å². The maximum absolute atomic E-state index is 11.6. The van der Waals surface area contributed by atoms with Gasteiger partial charge < -0.3 is 15.5 Å². The number of rotatable bonds is 6. The summed E-state index contributed by atoms with van der Waals surface area (Å²) in [5.74, 6) is -0.125. The Hall–Kier alpha value is 0.0200. The maximum atomic E-state index is 11.6. The molecule has 0 aliphatic rings. The number of halogens is 3. The van der Waals surface area contributed by atoms with Gasteiger partial charge in [0.05, 0.1) is 19.3 Å². The van der Waals surface area contributed by atoms with Gasteiger partial charge in [0.25, 0.3) is 0 Å². The van der Waals surface area contributed by atoms with Crippen molar-refractivity contribution in [3.8, 4) is 0 Å². The summed E-state index contributed by atoms with van der Waals surface area (Å²) in [7, 11) is 0. The summed E-state index contributed by atoms with van der Waals surface area (Å²) < 4.78 is 34.7. The number of alkyl halides is 3. The molecule has 3 nitrogen and oxygen atoms in total. The van der Waals surface area contributed by atoms with E-state index in [0.29, 0.717) is 0 Å². The first-order valence-corrected chi connectivity index (χ1v) is 4.64. The largest absolute Gasteiger partial charge is 0.441 e. The Balaban J connectivity index is 3.34. The summed E-state index contributed by atoms with van der Waals surface area (Å²) in [6, 6.07) is -0.533.